The monoisotopic (exact) mass is 379 g/mol. The highest BCUT2D eigenvalue weighted by atomic mass is 19.1. The van der Waals surface area contributed by atoms with Gasteiger partial charge in [0.15, 0.2) is 0 Å². The largest absolute Gasteiger partial charge is 0.381 e. The van der Waals surface area contributed by atoms with Crippen LogP contribution in [-0.4, -0.2) is 29.1 Å². The quantitative estimate of drug-likeness (QED) is 0.705. The summed E-state index contributed by atoms with van der Waals surface area (Å²) in [5.41, 5.74) is 1.57. The van der Waals surface area contributed by atoms with Gasteiger partial charge >= 0.3 is 0 Å². The number of rotatable bonds is 5. The summed E-state index contributed by atoms with van der Waals surface area (Å²) in [4.78, 5) is 20.5. The first-order chi connectivity index (χ1) is 13.7. The molecule has 0 saturated carbocycles. The number of hydrogen-bond acceptors (Lipinski definition) is 4. The van der Waals surface area contributed by atoms with Crippen molar-refractivity contribution in [2.45, 2.75) is 25.7 Å². The van der Waals surface area contributed by atoms with Crippen LogP contribution < -0.4 is 5.32 Å². The molecule has 0 unspecified atom stereocenters. The van der Waals surface area contributed by atoms with Crippen LogP contribution in [0.2, 0.25) is 0 Å². The molecule has 0 aliphatic carbocycles. The zero-order valence-electron chi connectivity index (χ0n) is 15.5. The Morgan fingerprint density at radius 2 is 1.93 bits per heavy atom. The first kappa shape index (κ1) is 18.5. The van der Waals surface area contributed by atoms with E-state index in [0.717, 1.165) is 48.8 Å². The highest BCUT2D eigenvalue weighted by Crippen LogP contribution is 2.26. The topological polar surface area (TPSA) is 64.1 Å². The molecule has 0 bridgehead atoms. The van der Waals surface area contributed by atoms with E-state index in [9.17, 15) is 9.18 Å². The van der Waals surface area contributed by atoms with Crippen molar-refractivity contribution in [1.82, 2.24) is 9.97 Å². The Kier molecular flexibility index (Phi) is 5.58. The van der Waals surface area contributed by atoms with E-state index in [4.69, 9.17) is 4.74 Å². The van der Waals surface area contributed by atoms with Crippen LogP contribution in [0.5, 0.6) is 0 Å². The highest BCUT2D eigenvalue weighted by Gasteiger charge is 2.15. The molecule has 1 N–H and O–H groups in total. The Morgan fingerprint density at radius 3 is 2.75 bits per heavy atom. The fourth-order valence-electron chi connectivity index (χ4n) is 3.53. The Morgan fingerprint density at radius 1 is 1.07 bits per heavy atom. The molecule has 1 aromatic carbocycles. The maximum atomic E-state index is 13.5. The molecule has 0 spiro atoms. The van der Waals surface area contributed by atoms with Crippen molar-refractivity contribution in [3.8, 4) is 11.1 Å². The number of nitrogens with zero attached hydrogens (tertiary/aromatic N) is 2. The number of aromatic nitrogens is 2. The van der Waals surface area contributed by atoms with E-state index in [0.29, 0.717) is 23.7 Å². The SMILES string of the molecule is O=C(CCC1CCOCC1)Nc1cc2cc(-c3cncc(F)c3)ccc2cn1. The average molecular weight is 379 g/mol. The molecule has 1 aliphatic rings. The van der Waals surface area contributed by atoms with Gasteiger partial charge in [-0.05, 0) is 54.3 Å². The molecule has 1 aliphatic heterocycles. The molecule has 3 heterocycles. The molecule has 2 aromatic heterocycles. The lowest BCUT2D eigenvalue weighted by molar-refractivity contribution is -0.116. The summed E-state index contributed by atoms with van der Waals surface area (Å²) in [7, 11) is 0. The number of nitrogens with one attached hydrogen (secondary N) is 1. The first-order valence-electron chi connectivity index (χ1n) is 9.56. The fourth-order valence-corrected chi connectivity index (χ4v) is 3.53. The van der Waals surface area contributed by atoms with E-state index in [-0.39, 0.29) is 11.7 Å². The van der Waals surface area contributed by atoms with Gasteiger partial charge in [0.1, 0.15) is 11.6 Å². The lowest BCUT2D eigenvalue weighted by atomic mass is 9.95. The van der Waals surface area contributed by atoms with E-state index < -0.39 is 0 Å². The second kappa shape index (κ2) is 8.44. The number of amides is 1. The van der Waals surface area contributed by atoms with E-state index >= 15 is 0 Å². The summed E-state index contributed by atoms with van der Waals surface area (Å²) in [6.45, 7) is 1.59. The summed E-state index contributed by atoms with van der Waals surface area (Å²) in [5, 5.41) is 4.77. The molecular weight excluding hydrogens is 357 g/mol. The molecular formula is C22H22FN3O2. The zero-order valence-corrected chi connectivity index (χ0v) is 15.5. The smallest absolute Gasteiger partial charge is 0.225 e. The fraction of sp³-hybridized carbons (Fsp3) is 0.318. The van der Waals surface area contributed by atoms with Crippen LogP contribution in [0.1, 0.15) is 25.7 Å². The van der Waals surface area contributed by atoms with Gasteiger partial charge < -0.3 is 10.1 Å². The third-order valence-electron chi connectivity index (χ3n) is 5.15. The molecule has 5 nitrogen and oxygen atoms in total. The van der Waals surface area contributed by atoms with Crippen molar-refractivity contribution in [3.63, 3.8) is 0 Å². The first-order valence-corrected chi connectivity index (χ1v) is 9.56. The maximum Gasteiger partial charge on any atom is 0.225 e. The van der Waals surface area contributed by atoms with E-state index in [1.54, 1.807) is 12.4 Å². The average Bonchev–Trinajstić information content (AvgIpc) is 2.72. The predicted octanol–water partition coefficient (Wildman–Crippen LogP) is 4.58. The van der Waals surface area contributed by atoms with Crippen LogP contribution in [0, 0.1) is 11.7 Å². The van der Waals surface area contributed by atoms with Crippen LogP contribution in [0.15, 0.2) is 48.9 Å². The number of pyridine rings is 2. The van der Waals surface area contributed by atoms with Crippen molar-refractivity contribution in [2.75, 3.05) is 18.5 Å². The molecule has 0 atom stereocenters. The zero-order chi connectivity index (χ0) is 19.3. The molecule has 1 amide bonds. The van der Waals surface area contributed by atoms with E-state index in [1.165, 1.54) is 12.3 Å². The van der Waals surface area contributed by atoms with Crippen molar-refractivity contribution < 1.29 is 13.9 Å². The second-order valence-electron chi connectivity index (χ2n) is 7.17. The van der Waals surface area contributed by atoms with Gasteiger partial charge in [-0.1, -0.05) is 12.1 Å². The van der Waals surface area contributed by atoms with Gasteiger partial charge in [0.05, 0.1) is 6.20 Å². The summed E-state index contributed by atoms with van der Waals surface area (Å²) >= 11 is 0. The Bertz CT molecular complexity index is 986. The van der Waals surface area contributed by atoms with Crippen LogP contribution in [0.25, 0.3) is 21.9 Å². The van der Waals surface area contributed by atoms with Gasteiger partial charge in [-0.2, -0.15) is 0 Å². The molecule has 1 fully saturated rings. The molecule has 3 aromatic rings. The van der Waals surface area contributed by atoms with E-state index in [1.807, 2.05) is 24.3 Å². The van der Waals surface area contributed by atoms with Crippen molar-refractivity contribution >= 4 is 22.5 Å². The van der Waals surface area contributed by atoms with Crippen LogP contribution >= 0.6 is 0 Å². The highest BCUT2D eigenvalue weighted by molar-refractivity contribution is 5.93. The normalized spacial score (nSPS) is 14.9. The van der Waals surface area contributed by atoms with Gasteiger partial charge in [0, 0.05) is 43.0 Å². The minimum atomic E-state index is -0.371. The Labute approximate surface area is 163 Å². The number of hydrogen-bond donors (Lipinski definition) is 1. The van der Waals surface area contributed by atoms with Crippen LogP contribution in [-0.2, 0) is 9.53 Å². The molecule has 0 radical (unpaired) electrons. The van der Waals surface area contributed by atoms with E-state index in [2.05, 4.69) is 15.3 Å². The Hall–Kier alpha value is -2.86. The second-order valence-corrected chi connectivity index (χ2v) is 7.17. The number of benzene rings is 1. The van der Waals surface area contributed by atoms with Crippen molar-refractivity contribution in [2.24, 2.45) is 5.92 Å². The number of anilines is 1. The van der Waals surface area contributed by atoms with Crippen LogP contribution in [0.4, 0.5) is 10.2 Å². The maximum absolute atomic E-state index is 13.5. The van der Waals surface area contributed by atoms with Gasteiger partial charge in [0.2, 0.25) is 5.91 Å². The number of carbonyl (C=O) groups excluding carboxylic acids is 1. The van der Waals surface area contributed by atoms with Crippen molar-refractivity contribution in [3.05, 3.63) is 54.7 Å². The third-order valence-corrected chi connectivity index (χ3v) is 5.15. The lowest BCUT2D eigenvalue weighted by Crippen LogP contribution is -2.19. The van der Waals surface area contributed by atoms with Gasteiger partial charge in [0.25, 0.3) is 0 Å². The number of carbonyl (C=O) groups is 1. The van der Waals surface area contributed by atoms with Crippen molar-refractivity contribution in [1.29, 1.82) is 0 Å². The lowest BCUT2D eigenvalue weighted by Gasteiger charge is -2.21. The Balaban J connectivity index is 1.46. The number of fused-ring (bicyclic) bond motifs is 1. The molecule has 4 rings (SSSR count). The minimum Gasteiger partial charge on any atom is -0.381 e. The summed E-state index contributed by atoms with van der Waals surface area (Å²) < 4.78 is 18.8. The summed E-state index contributed by atoms with van der Waals surface area (Å²) in [5.74, 6) is 0.694. The summed E-state index contributed by atoms with van der Waals surface area (Å²) in [6, 6.07) is 9.09. The molecule has 28 heavy (non-hydrogen) atoms. The number of ether oxygens (including phenoxy) is 1. The minimum absolute atomic E-state index is 0.0242. The summed E-state index contributed by atoms with van der Waals surface area (Å²) in [6.07, 6.45) is 7.96. The molecule has 144 valence electrons. The van der Waals surface area contributed by atoms with Crippen LogP contribution in [0.3, 0.4) is 0 Å². The molecule has 1 saturated heterocycles. The van der Waals surface area contributed by atoms with Gasteiger partial charge in [-0.3, -0.25) is 9.78 Å². The standard InChI is InChI=1S/C22H22FN3O2/c23-20-10-19(12-24-14-20)16-2-3-17-13-25-21(11-18(17)9-16)26-22(27)4-1-15-5-7-28-8-6-15/h2-3,9-15H,1,4-8H2,(H,25,26,27). The molecule has 6 heteroatoms. The predicted molar refractivity (Wildman–Crippen MR) is 106 cm³/mol. The van der Waals surface area contributed by atoms with Gasteiger partial charge in [-0.25, -0.2) is 9.37 Å². The number of halogens is 1. The third kappa shape index (κ3) is 4.51. The van der Waals surface area contributed by atoms with Gasteiger partial charge in [-0.15, -0.1) is 0 Å².